The number of halogens is 1. The van der Waals surface area contributed by atoms with Crippen molar-refractivity contribution in [3.8, 4) is 11.1 Å². The molecule has 3 nitrogen and oxygen atoms in total. The van der Waals surface area contributed by atoms with E-state index in [0.717, 1.165) is 39.8 Å². The first kappa shape index (κ1) is 16.2. The van der Waals surface area contributed by atoms with Gasteiger partial charge >= 0.3 is 0 Å². The molecule has 4 rings (SSSR count). The molecular weight excluding hydrogens is 332 g/mol. The highest BCUT2D eigenvalue weighted by atomic mass is 35.5. The van der Waals surface area contributed by atoms with Crippen molar-refractivity contribution >= 4 is 28.4 Å². The van der Waals surface area contributed by atoms with Crippen LogP contribution in [-0.4, -0.2) is 17.0 Å². The highest BCUT2D eigenvalue weighted by molar-refractivity contribution is 6.32. The maximum atomic E-state index is 12.4. The standard InChI is InChI=1S/C21H21ClN2O/c1-12(2)14-4-6-15(7-5-14)18-11-16(22)10-17-13(3)19-21(25)23-8-9-24(19)20(17)18/h4-7,10-12H,8-9H2,1-3H3,(H,23,25). The van der Waals surface area contributed by atoms with E-state index >= 15 is 0 Å². The number of hydrogen-bond acceptors (Lipinski definition) is 1. The first-order chi connectivity index (χ1) is 12.0. The maximum Gasteiger partial charge on any atom is 0.268 e. The van der Waals surface area contributed by atoms with E-state index in [1.54, 1.807) is 0 Å². The quantitative estimate of drug-likeness (QED) is 0.681. The molecule has 2 heterocycles. The van der Waals surface area contributed by atoms with Gasteiger partial charge in [0.25, 0.3) is 5.91 Å². The zero-order valence-electron chi connectivity index (χ0n) is 14.7. The normalized spacial score (nSPS) is 14.0. The average Bonchev–Trinajstić information content (AvgIpc) is 2.88. The lowest BCUT2D eigenvalue weighted by Gasteiger charge is -2.18. The lowest BCUT2D eigenvalue weighted by molar-refractivity contribution is 0.0928. The van der Waals surface area contributed by atoms with Gasteiger partial charge in [0.1, 0.15) is 5.69 Å². The number of nitrogens with zero attached hydrogens (tertiary/aromatic N) is 1. The van der Waals surface area contributed by atoms with Gasteiger partial charge in [0.15, 0.2) is 0 Å². The molecule has 2 aromatic carbocycles. The summed E-state index contributed by atoms with van der Waals surface area (Å²) < 4.78 is 2.14. The first-order valence-corrected chi connectivity index (χ1v) is 9.06. The Kier molecular flexibility index (Phi) is 3.84. The van der Waals surface area contributed by atoms with Crippen LogP contribution in [0, 0.1) is 6.92 Å². The number of benzene rings is 2. The molecule has 0 unspecified atom stereocenters. The number of nitrogens with one attached hydrogen (secondary N) is 1. The van der Waals surface area contributed by atoms with Crippen LogP contribution in [0.4, 0.5) is 0 Å². The average molecular weight is 353 g/mol. The smallest absolute Gasteiger partial charge is 0.268 e. The van der Waals surface area contributed by atoms with Gasteiger partial charge in [-0.1, -0.05) is 49.7 Å². The summed E-state index contributed by atoms with van der Waals surface area (Å²) >= 11 is 6.42. The molecule has 0 saturated heterocycles. The van der Waals surface area contributed by atoms with Crippen molar-refractivity contribution in [3.63, 3.8) is 0 Å². The molecule has 0 fully saturated rings. The third-order valence-corrected chi connectivity index (χ3v) is 5.32. The molecule has 3 aromatic rings. The predicted molar refractivity (Wildman–Crippen MR) is 104 cm³/mol. The van der Waals surface area contributed by atoms with E-state index < -0.39 is 0 Å². The van der Waals surface area contributed by atoms with E-state index in [1.165, 1.54) is 5.56 Å². The van der Waals surface area contributed by atoms with Gasteiger partial charge in [-0.3, -0.25) is 4.79 Å². The van der Waals surface area contributed by atoms with E-state index in [-0.39, 0.29) is 5.91 Å². The number of aromatic nitrogens is 1. The van der Waals surface area contributed by atoms with Gasteiger partial charge in [-0.15, -0.1) is 0 Å². The Morgan fingerprint density at radius 3 is 2.56 bits per heavy atom. The molecule has 25 heavy (non-hydrogen) atoms. The molecule has 1 amide bonds. The minimum Gasteiger partial charge on any atom is -0.349 e. The van der Waals surface area contributed by atoms with E-state index in [2.05, 4.69) is 48.0 Å². The van der Waals surface area contributed by atoms with Crippen LogP contribution in [0.1, 0.15) is 41.4 Å². The van der Waals surface area contributed by atoms with Crippen LogP contribution in [0.15, 0.2) is 36.4 Å². The Balaban J connectivity index is 2.01. The highest BCUT2D eigenvalue weighted by Crippen LogP contribution is 2.37. The van der Waals surface area contributed by atoms with Gasteiger partial charge < -0.3 is 9.88 Å². The van der Waals surface area contributed by atoms with Crippen molar-refractivity contribution < 1.29 is 4.79 Å². The van der Waals surface area contributed by atoms with Crippen LogP contribution in [0.3, 0.4) is 0 Å². The second-order valence-corrected chi connectivity index (χ2v) is 7.44. The van der Waals surface area contributed by atoms with Crippen molar-refractivity contribution in [3.05, 3.63) is 58.2 Å². The third-order valence-electron chi connectivity index (χ3n) is 5.10. The number of fused-ring (bicyclic) bond motifs is 3. The summed E-state index contributed by atoms with van der Waals surface area (Å²) in [5.41, 5.74) is 6.38. The minimum atomic E-state index is -0.00261. The number of hydrogen-bond donors (Lipinski definition) is 1. The van der Waals surface area contributed by atoms with Crippen LogP contribution < -0.4 is 5.32 Å². The molecule has 0 spiro atoms. The largest absolute Gasteiger partial charge is 0.349 e. The summed E-state index contributed by atoms with van der Waals surface area (Å²) in [6.45, 7) is 7.82. The number of amides is 1. The monoisotopic (exact) mass is 352 g/mol. The van der Waals surface area contributed by atoms with Gasteiger partial charge in [0.05, 0.1) is 5.52 Å². The molecule has 1 aliphatic rings. The first-order valence-electron chi connectivity index (χ1n) is 8.68. The predicted octanol–water partition coefficient (Wildman–Crippen LogP) is 5.14. The molecule has 0 atom stereocenters. The van der Waals surface area contributed by atoms with Gasteiger partial charge in [-0.05, 0) is 41.7 Å². The Morgan fingerprint density at radius 2 is 1.88 bits per heavy atom. The fourth-order valence-electron chi connectivity index (χ4n) is 3.77. The third kappa shape index (κ3) is 2.54. The van der Waals surface area contributed by atoms with Crippen molar-refractivity contribution in [2.75, 3.05) is 6.54 Å². The van der Waals surface area contributed by atoms with Crippen LogP contribution in [0.25, 0.3) is 22.0 Å². The van der Waals surface area contributed by atoms with E-state index in [0.29, 0.717) is 17.5 Å². The van der Waals surface area contributed by atoms with Crippen molar-refractivity contribution in [1.29, 1.82) is 0 Å². The fourth-order valence-corrected chi connectivity index (χ4v) is 3.98. The second-order valence-electron chi connectivity index (χ2n) is 7.01. The minimum absolute atomic E-state index is 0.00261. The SMILES string of the molecule is Cc1c2n(c3c(-c4ccc(C(C)C)cc4)cc(Cl)cc13)CCNC2=O. The van der Waals surface area contributed by atoms with Gasteiger partial charge in [0, 0.05) is 29.1 Å². The molecule has 0 aliphatic carbocycles. The van der Waals surface area contributed by atoms with Crippen LogP contribution >= 0.6 is 11.6 Å². The molecule has 4 heteroatoms. The van der Waals surface area contributed by atoms with Crippen LogP contribution in [0.2, 0.25) is 5.02 Å². The zero-order chi connectivity index (χ0) is 17.7. The number of rotatable bonds is 2. The topological polar surface area (TPSA) is 34.0 Å². The van der Waals surface area contributed by atoms with Gasteiger partial charge in [-0.2, -0.15) is 0 Å². The maximum absolute atomic E-state index is 12.4. The van der Waals surface area contributed by atoms with E-state index in [4.69, 9.17) is 11.6 Å². The lowest BCUT2D eigenvalue weighted by Crippen LogP contribution is -2.35. The Bertz CT molecular complexity index is 984. The molecule has 0 radical (unpaired) electrons. The highest BCUT2D eigenvalue weighted by Gasteiger charge is 2.25. The van der Waals surface area contributed by atoms with Gasteiger partial charge in [-0.25, -0.2) is 0 Å². The molecule has 1 aromatic heterocycles. The van der Waals surface area contributed by atoms with Crippen LogP contribution in [0.5, 0.6) is 0 Å². The van der Waals surface area contributed by atoms with Crippen molar-refractivity contribution in [2.24, 2.45) is 0 Å². The van der Waals surface area contributed by atoms with E-state index in [9.17, 15) is 4.79 Å². The van der Waals surface area contributed by atoms with Crippen LogP contribution in [-0.2, 0) is 6.54 Å². The molecular formula is C21H21ClN2O. The zero-order valence-corrected chi connectivity index (χ0v) is 15.4. The summed E-state index contributed by atoms with van der Waals surface area (Å²) in [6.07, 6.45) is 0. The summed E-state index contributed by atoms with van der Waals surface area (Å²) in [4.78, 5) is 12.4. The Labute approximate surface area is 152 Å². The summed E-state index contributed by atoms with van der Waals surface area (Å²) in [6, 6.07) is 12.6. The summed E-state index contributed by atoms with van der Waals surface area (Å²) in [5, 5.41) is 4.70. The lowest BCUT2D eigenvalue weighted by atomic mass is 9.97. The Morgan fingerprint density at radius 1 is 1.16 bits per heavy atom. The summed E-state index contributed by atoms with van der Waals surface area (Å²) in [5.74, 6) is 0.498. The second kappa shape index (κ2) is 5.92. The Hall–Kier alpha value is -2.26. The van der Waals surface area contributed by atoms with Gasteiger partial charge in [0.2, 0.25) is 0 Å². The molecule has 1 aliphatic heterocycles. The fraction of sp³-hybridized carbons (Fsp3) is 0.286. The molecule has 0 saturated carbocycles. The molecule has 0 bridgehead atoms. The molecule has 128 valence electrons. The van der Waals surface area contributed by atoms with Crippen molar-refractivity contribution in [1.82, 2.24) is 9.88 Å². The number of carbonyl (C=O) groups excluding carboxylic acids is 1. The number of carbonyl (C=O) groups is 1. The van der Waals surface area contributed by atoms with Crippen molar-refractivity contribution in [2.45, 2.75) is 33.2 Å². The molecule has 1 N–H and O–H groups in total. The van der Waals surface area contributed by atoms with E-state index in [1.807, 2.05) is 19.1 Å². The number of aryl methyl sites for hydroxylation is 1. The summed E-state index contributed by atoms with van der Waals surface area (Å²) in [7, 11) is 0.